The van der Waals surface area contributed by atoms with Crippen molar-refractivity contribution in [3.05, 3.63) is 58.1 Å². The second kappa shape index (κ2) is 21.0. The lowest BCUT2D eigenvalue weighted by Gasteiger charge is -2.47. The molecule has 9 rings (SSSR count). The number of alkyl halides is 15. The van der Waals surface area contributed by atoms with Crippen molar-refractivity contribution in [3.8, 4) is 0 Å². The van der Waals surface area contributed by atoms with Crippen molar-refractivity contribution in [2.75, 3.05) is 75.2 Å². The summed E-state index contributed by atoms with van der Waals surface area (Å²) in [5, 5.41) is 0.507. The summed E-state index contributed by atoms with van der Waals surface area (Å²) < 4.78 is 219. The van der Waals surface area contributed by atoms with E-state index in [1.807, 2.05) is 21.9 Å². The van der Waals surface area contributed by atoms with Crippen molar-refractivity contribution in [3.63, 3.8) is 0 Å². The van der Waals surface area contributed by atoms with Crippen molar-refractivity contribution in [2.45, 2.75) is 156 Å². The van der Waals surface area contributed by atoms with Crippen LogP contribution in [0.2, 0.25) is 5.02 Å². The molecule has 2 aromatic rings. The number of benzene rings is 2. The fraction of sp³-hybridized carbons (Fsp3) is 0.720. The van der Waals surface area contributed by atoms with Gasteiger partial charge in [-0.1, -0.05) is 23.7 Å². The van der Waals surface area contributed by atoms with Crippen LogP contribution in [0.3, 0.4) is 0 Å². The molecule has 0 N–H and O–H groups in total. The lowest BCUT2D eigenvalue weighted by Crippen LogP contribution is -2.56. The lowest BCUT2D eigenvalue weighted by molar-refractivity contribution is -0.309. The fourth-order valence-electron chi connectivity index (χ4n) is 13.3. The number of morpholine rings is 1. The molecule has 7 aliphatic heterocycles. The van der Waals surface area contributed by atoms with Gasteiger partial charge in [-0.15, -0.1) is 0 Å². The van der Waals surface area contributed by atoms with Crippen LogP contribution in [0.15, 0.2) is 36.4 Å². The van der Waals surface area contributed by atoms with Crippen molar-refractivity contribution < 1.29 is 89.7 Å². The zero-order chi connectivity index (χ0) is 55.7. The van der Waals surface area contributed by atoms with E-state index in [-0.39, 0.29) is 83.1 Å². The van der Waals surface area contributed by atoms with Gasteiger partial charge in [0.2, 0.25) is 0 Å². The lowest BCUT2D eigenvalue weighted by atomic mass is 9.76. The van der Waals surface area contributed by atoms with Crippen molar-refractivity contribution >= 4 is 35.2 Å². The maximum atomic E-state index is 14.6. The van der Waals surface area contributed by atoms with E-state index in [1.165, 1.54) is 6.07 Å². The number of nitrogens with zero attached hydrogens (tertiary/aromatic N) is 6. The van der Waals surface area contributed by atoms with Crippen LogP contribution in [-0.2, 0) is 33.5 Å². The first-order valence-electron chi connectivity index (χ1n) is 25.7. The standard InChI is InChI=1S/C50H58ClF15N6O5/c51-35-8-6-32(38(24-35)67-16-2-1-3-17-67)27-72-28-34(25-44(72)14-21-69(22-15-44)42(74)76-40(49(61,62)63)50(64,65)66)45-11-9-36(77-45)29-70(30-45)37-23-33(46(52,53)54)7-5-31(37)26-71-18-4-10-43(71)12-19-68(20-13-43)41(73)75-39(47(55,56)57)48(58,59)60/h5-8,23-24,34,36,39-40H,1-4,9-22,25-30H2/t34?,36-,45+/m0/s1. The number of amides is 2. The van der Waals surface area contributed by atoms with E-state index in [1.54, 1.807) is 6.07 Å². The molecule has 7 aliphatic rings. The average Bonchev–Trinajstić information content (AvgIpc) is 4.03. The number of hydrogen-bond acceptors (Lipinski definition) is 9. The molecule has 2 amide bonds. The molecular weight excluding hydrogens is 1090 g/mol. The number of rotatable bonds is 9. The number of fused-ring (bicyclic) bond motifs is 2. The summed E-state index contributed by atoms with van der Waals surface area (Å²) in [7, 11) is 0. The first-order valence-corrected chi connectivity index (χ1v) is 26.1. The van der Waals surface area contributed by atoms with Crippen LogP contribution in [0.25, 0.3) is 0 Å². The minimum absolute atomic E-state index is 0.115. The van der Waals surface area contributed by atoms with Gasteiger partial charge in [-0.2, -0.15) is 65.9 Å². The fourth-order valence-corrected chi connectivity index (χ4v) is 13.4. The van der Waals surface area contributed by atoms with Crippen LogP contribution in [0.5, 0.6) is 0 Å². The summed E-state index contributed by atoms with van der Waals surface area (Å²) in [6.45, 7) is 2.25. The van der Waals surface area contributed by atoms with Gasteiger partial charge in [-0.25, -0.2) is 9.59 Å². The summed E-state index contributed by atoms with van der Waals surface area (Å²) in [6.07, 6.45) is -34.9. The van der Waals surface area contributed by atoms with E-state index in [2.05, 4.69) is 19.3 Å². The van der Waals surface area contributed by atoms with Crippen LogP contribution >= 0.6 is 11.6 Å². The Morgan fingerprint density at radius 2 is 1.10 bits per heavy atom. The van der Waals surface area contributed by atoms with E-state index in [0.717, 1.165) is 65.5 Å². The van der Waals surface area contributed by atoms with E-state index >= 15 is 0 Å². The number of halogens is 16. The van der Waals surface area contributed by atoms with Gasteiger partial charge in [0, 0.05) is 105 Å². The molecule has 7 saturated heterocycles. The molecule has 2 spiro atoms. The molecule has 0 aliphatic carbocycles. The molecule has 0 radical (unpaired) electrons. The molecule has 3 atom stereocenters. The molecule has 7 fully saturated rings. The number of hydrogen-bond donors (Lipinski definition) is 0. The van der Waals surface area contributed by atoms with Gasteiger partial charge < -0.3 is 33.8 Å². The normalized spacial score (nSPS) is 25.7. The van der Waals surface area contributed by atoms with Gasteiger partial charge in [-0.3, -0.25) is 9.80 Å². The minimum Gasteiger partial charge on any atom is -0.426 e. The second-order valence-corrected chi connectivity index (χ2v) is 22.2. The zero-order valence-corrected chi connectivity index (χ0v) is 42.3. The Kier molecular flexibility index (Phi) is 15.6. The van der Waals surface area contributed by atoms with Crippen LogP contribution in [0.4, 0.5) is 86.8 Å². The first kappa shape index (κ1) is 57.4. The molecule has 0 saturated carbocycles. The average molecular weight is 1140 g/mol. The molecule has 27 heteroatoms. The Morgan fingerprint density at radius 1 is 0.584 bits per heavy atom. The Balaban J connectivity index is 0.972. The van der Waals surface area contributed by atoms with E-state index in [0.29, 0.717) is 62.3 Å². The summed E-state index contributed by atoms with van der Waals surface area (Å²) in [4.78, 5) is 35.8. The monoisotopic (exact) mass is 1140 g/mol. The molecule has 11 nitrogen and oxygen atoms in total. The third kappa shape index (κ3) is 12.1. The quantitative estimate of drug-likeness (QED) is 0.228. The predicted molar refractivity (Wildman–Crippen MR) is 248 cm³/mol. The van der Waals surface area contributed by atoms with Gasteiger partial charge in [-0.05, 0) is 119 Å². The van der Waals surface area contributed by atoms with E-state index in [9.17, 15) is 75.4 Å². The summed E-state index contributed by atoms with van der Waals surface area (Å²) in [5.74, 6) is -0.310. The van der Waals surface area contributed by atoms with Crippen LogP contribution in [0, 0.1) is 5.92 Å². The largest absolute Gasteiger partial charge is 0.434 e. The van der Waals surface area contributed by atoms with Crippen LogP contribution in [0.1, 0.15) is 93.7 Å². The van der Waals surface area contributed by atoms with Gasteiger partial charge in [0.05, 0.1) is 17.3 Å². The van der Waals surface area contributed by atoms with Crippen molar-refractivity contribution in [1.29, 1.82) is 0 Å². The highest BCUT2D eigenvalue weighted by Crippen LogP contribution is 2.53. The van der Waals surface area contributed by atoms with Crippen LogP contribution < -0.4 is 9.80 Å². The maximum absolute atomic E-state index is 14.6. The van der Waals surface area contributed by atoms with Crippen molar-refractivity contribution in [1.82, 2.24) is 19.6 Å². The van der Waals surface area contributed by atoms with Gasteiger partial charge in [0.1, 0.15) is 0 Å². The SMILES string of the molecule is O=C(OC(C(F)(F)F)C(F)(F)F)N1CCC2(CCCN2Cc2ccc(C(F)(F)F)cc2N2C[C@@H]3CC[C@](C4CN(Cc5ccc(Cl)cc5N5CCCCC5)C5(CCN(C(=O)OC(C(F)(F)F)C(F)(F)F)CC5)C4)(C2)O3)CC1. The molecule has 430 valence electrons. The van der Waals surface area contributed by atoms with Crippen molar-refractivity contribution in [2.24, 2.45) is 5.92 Å². The smallest absolute Gasteiger partial charge is 0.426 e. The molecule has 77 heavy (non-hydrogen) atoms. The molecule has 0 aromatic heterocycles. The maximum Gasteiger partial charge on any atom is 0.434 e. The Hall–Kier alpha value is -4.30. The molecular formula is C50H58ClF15N6O5. The Morgan fingerprint density at radius 3 is 1.65 bits per heavy atom. The highest BCUT2D eigenvalue weighted by molar-refractivity contribution is 6.30. The number of ether oxygens (including phenoxy) is 3. The number of piperidine rings is 3. The Bertz CT molecular complexity index is 2430. The number of carbonyl (C=O) groups is 2. The molecule has 7 heterocycles. The van der Waals surface area contributed by atoms with Crippen LogP contribution in [-0.4, -0.2) is 157 Å². The second-order valence-electron chi connectivity index (χ2n) is 21.8. The third-order valence-electron chi connectivity index (χ3n) is 17.1. The predicted octanol–water partition coefficient (Wildman–Crippen LogP) is 12.1. The molecule has 1 unspecified atom stereocenters. The zero-order valence-electron chi connectivity index (χ0n) is 41.5. The topological polar surface area (TPSA) is 81.3 Å². The minimum atomic E-state index is -5.91. The summed E-state index contributed by atoms with van der Waals surface area (Å²) in [6, 6.07) is 9.03. The number of likely N-dealkylation sites (tertiary alicyclic amines) is 4. The third-order valence-corrected chi connectivity index (χ3v) is 17.4. The highest BCUT2D eigenvalue weighted by Gasteiger charge is 2.63. The van der Waals surface area contributed by atoms with Gasteiger partial charge in [0.25, 0.3) is 12.2 Å². The number of carbonyl (C=O) groups excluding carboxylic acids is 2. The highest BCUT2D eigenvalue weighted by atomic mass is 35.5. The summed E-state index contributed by atoms with van der Waals surface area (Å²) >= 11 is 6.56. The Labute approximate surface area is 438 Å². The first-order chi connectivity index (χ1) is 35.9. The number of anilines is 2. The van der Waals surface area contributed by atoms with E-state index in [4.69, 9.17) is 16.3 Å². The molecule has 2 aromatic carbocycles. The van der Waals surface area contributed by atoms with E-state index < -0.39 is 83.6 Å². The van der Waals surface area contributed by atoms with Gasteiger partial charge >= 0.3 is 43.1 Å². The molecule has 2 bridgehead atoms. The van der Waals surface area contributed by atoms with Gasteiger partial charge in [0.15, 0.2) is 0 Å². The summed E-state index contributed by atoms with van der Waals surface area (Å²) in [5.41, 5.74) is -0.711.